The molecule has 0 aromatic rings. The van der Waals surface area contributed by atoms with Crippen LogP contribution in [0.4, 0.5) is 13.2 Å². The summed E-state index contributed by atoms with van der Waals surface area (Å²) in [5, 5.41) is 0. The summed E-state index contributed by atoms with van der Waals surface area (Å²) in [5.74, 6) is 0. The van der Waals surface area contributed by atoms with Crippen LogP contribution in [-0.2, 0) is 4.74 Å². The third-order valence-electron chi connectivity index (χ3n) is 3.20. The molecule has 0 aliphatic carbocycles. The topological polar surface area (TPSA) is 38.5 Å². The number of halogens is 3. The van der Waals surface area contributed by atoms with Gasteiger partial charge in [-0.1, -0.05) is 6.92 Å². The van der Waals surface area contributed by atoms with Gasteiger partial charge in [0.1, 0.15) is 6.04 Å². The molecule has 0 bridgehead atoms. The van der Waals surface area contributed by atoms with E-state index in [4.69, 9.17) is 10.5 Å². The highest BCUT2D eigenvalue weighted by atomic mass is 19.4. The first kappa shape index (κ1) is 15.7. The molecule has 0 amide bonds. The van der Waals surface area contributed by atoms with E-state index in [1.807, 2.05) is 0 Å². The number of nitrogens with two attached hydrogens (primary N) is 1. The summed E-state index contributed by atoms with van der Waals surface area (Å²) in [6.07, 6.45) is -4.22. The van der Waals surface area contributed by atoms with Gasteiger partial charge in [-0.15, -0.1) is 0 Å². The highest BCUT2D eigenvalue weighted by Crippen LogP contribution is 2.32. The number of ether oxygens (including phenoxy) is 1. The fourth-order valence-electron chi connectivity index (χ4n) is 2.66. The van der Waals surface area contributed by atoms with E-state index in [0.717, 1.165) is 0 Å². The average molecular weight is 268 g/mol. The molecule has 0 spiro atoms. The normalized spacial score (nSPS) is 29.0. The highest BCUT2D eigenvalue weighted by molar-refractivity contribution is 4.93. The van der Waals surface area contributed by atoms with Crippen LogP contribution in [0.1, 0.15) is 34.1 Å². The van der Waals surface area contributed by atoms with Gasteiger partial charge in [-0.05, 0) is 27.2 Å². The number of alkyl halides is 3. The molecule has 1 rings (SSSR count). The van der Waals surface area contributed by atoms with Gasteiger partial charge in [0.15, 0.2) is 0 Å². The molecule has 0 aromatic carbocycles. The first-order valence-corrected chi connectivity index (χ1v) is 6.31. The summed E-state index contributed by atoms with van der Waals surface area (Å²) >= 11 is 0. The molecule has 0 aromatic heterocycles. The summed E-state index contributed by atoms with van der Waals surface area (Å²) in [7, 11) is 0. The van der Waals surface area contributed by atoms with Gasteiger partial charge in [-0.25, -0.2) is 0 Å². The molecule has 1 aliphatic rings. The summed E-state index contributed by atoms with van der Waals surface area (Å²) < 4.78 is 45.1. The second-order valence-electron chi connectivity index (χ2n) is 5.68. The Hall–Kier alpha value is -0.330. The summed E-state index contributed by atoms with van der Waals surface area (Å²) in [6, 6.07) is -2.49. The van der Waals surface area contributed by atoms with Crippen molar-refractivity contribution in [2.75, 3.05) is 13.1 Å². The maximum Gasteiger partial charge on any atom is 0.405 e. The standard InChI is InChI=1S/C12H23F3N2O/c1-5-9(16)10(12(13,14)15)17-6-8(2)18-11(3,4)7-17/h8-10H,5-7,16H2,1-4H3. The van der Waals surface area contributed by atoms with E-state index in [1.54, 1.807) is 27.7 Å². The van der Waals surface area contributed by atoms with E-state index in [-0.39, 0.29) is 19.2 Å². The first-order chi connectivity index (χ1) is 8.07. The predicted molar refractivity (Wildman–Crippen MR) is 64.3 cm³/mol. The molecule has 6 heteroatoms. The predicted octanol–water partition coefficient (Wildman–Crippen LogP) is 2.15. The van der Waals surface area contributed by atoms with Crippen molar-refractivity contribution in [3.05, 3.63) is 0 Å². The Bertz CT molecular complexity index is 281. The van der Waals surface area contributed by atoms with Crippen LogP contribution in [0, 0.1) is 0 Å². The van der Waals surface area contributed by atoms with E-state index in [1.165, 1.54) is 4.90 Å². The van der Waals surface area contributed by atoms with Crippen LogP contribution >= 0.6 is 0 Å². The molecule has 3 nitrogen and oxygen atoms in total. The Morgan fingerprint density at radius 1 is 1.44 bits per heavy atom. The van der Waals surface area contributed by atoms with E-state index in [0.29, 0.717) is 6.42 Å². The van der Waals surface area contributed by atoms with Gasteiger partial charge in [0, 0.05) is 19.1 Å². The van der Waals surface area contributed by atoms with E-state index >= 15 is 0 Å². The zero-order valence-corrected chi connectivity index (χ0v) is 11.4. The number of hydrogen-bond acceptors (Lipinski definition) is 3. The number of morpholine rings is 1. The van der Waals surface area contributed by atoms with E-state index in [2.05, 4.69) is 0 Å². The van der Waals surface area contributed by atoms with Crippen LogP contribution < -0.4 is 5.73 Å². The van der Waals surface area contributed by atoms with Crippen molar-refractivity contribution in [2.24, 2.45) is 5.73 Å². The van der Waals surface area contributed by atoms with Crippen molar-refractivity contribution >= 4 is 0 Å². The molecule has 108 valence electrons. The molecule has 1 fully saturated rings. The van der Waals surface area contributed by atoms with Gasteiger partial charge in [-0.3, -0.25) is 4.90 Å². The van der Waals surface area contributed by atoms with Crippen LogP contribution in [-0.4, -0.2) is 48.0 Å². The molecule has 18 heavy (non-hydrogen) atoms. The molecule has 1 saturated heterocycles. The summed E-state index contributed by atoms with van der Waals surface area (Å²) in [5.41, 5.74) is 5.09. The van der Waals surface area contributed by atoms with Gasteiger partial charge < -0.3 is 10.5 Å². The van der Waals surface area contributed by atoms with Crippen molar-refractivity contribution in [3.8, 4) is 0 Å². The maximum absolute atomic E-state index is 13.2. The fraction of sp³-hybridized carbons (Fsp3) is 1.00. The van der Waals surface area contributed by atoms with Gasteiger partial charge in [0.05, 0.1) is 11.7 Å². The number of rotatable bonds is 3. The lowest BCUT2D eigenvalue weighted by Crippen LogP contribution is -2.63. The molecular formula is C12H23F3N2O. The van der Waals surface area contributed by atoms with Crippen LogP contribution in [0.5, 0.6) is 0 Å². The van der Waals surface area contributed by atoms with Gasteiger partial charge >= 0.3 is 6.18 Å². The summed E-state index contributed by atoms with van der Waals surface area (Å²) in [4.78, 5) is 1.42. The zero-order chi connectivity index (χ0) is 14.1. The van der Waals surface area contributed by atoms with Crippen LogP contribution in [0.25, 0.3) is 0 Å². The SMILES string of the molecule is CCC(N)C(N1CC(C)OC(C)(C)C1)C(F)(F)F. The Morgan fingerprint density at radius 3 is 2.39 bits per heavy atom. The smallest absolute Gasteiger partial charge is 0.370 e. The van der Waals surface area contributed by atoms with Gasteiger partial charge in [0.25, 0.3) is 0 Å². The number of hydrogen-bond donors (Lipinski definition) is 1. The van der Waals surface area contributed by atoms with E-state index in [9.17, 15) is 13.2 Å². The molecule has 0 saturated carbocycles. The van der Waals surface area contributed by atoms with Crippen LogP contribution in [0.15, 0.2) is 0 Å². The monoisotopic (exact) mass is 268 g/mol. The average Bonchev–Trinajstić information content (AvgIpc) is 2.11. The minimum absolute atomic E-state index is 0.220. The third kappa shape index (κ3) is 3.83. The minimum Gasteiger partial charge on any atom is -0.370 e. The molecule has 3 atom stereocenters. The molecular weight excluding hydrogens is 245 g/mol. The Balaban J connectivity index is 2.92. The van der Waals surface area contributed by atoms with Crippen molar-refractivity contribution in [2.45, 2.75) is 64.1 Å². The van der Waals surface area contributed by atoms with Crippen molar-refractivity contribution in [1.82, 2.24) is 4.90 Å². The lowest BCUT2D eigenvalue weighted by Gasteiger charge is -2.46. The molecule has 1 heterocycles. The molecule has 0 radical (unpaired) electrons. The third-order valence-corrected chi connectivity index (χ3v) is 3.20. The van der Waals surface area contributed by atoms with Gasteiger partial charge in [0.2, 0.25) is 0 Å². The Morgan fingerprint density at radius 2 is 2.00 bits per heavy atom. The van der Waals surface area contributed by atoms with E-state index < -0.39 is 23.9 Å². The van der Waals surface area contributed by atoms with Gasteiger partial charge in [-0.2, -0.15) is 13.2 Å². The maximum atomic E-state index is 13.2. The molecule has 1 aliphatic heterocycles. The zero-order valence-electron chi connectivity index (χ0n) is 11.4. The van der Waals surface area contributed by atoms with Crippen molar-refractivity contribution in [3.63, 3.8) is 0 Å². The Kier molecular flexibility index (Phi) is 4.67. The minimum atomic E-state index is -4.30. The van der Waals surface area contributed by atoms with Crippen molar-refractivity contribution < 1.29 is 17.9 Å². The second kappa shape index (κ2) is 5.35. The largest absolute Gasteiger partial charge is 0.405 e. The highest BCUT2D eigenvalue weighted by Gasteiger charge is 2.49. The first-order valence-electron chi connectivity index (χ1n) is 6.31. The Labute approximate surface area is 106 Å². The second-order valence-corrected chi connectivity index (χ2v) is 5.68. The van der Waals surface area contributed by atoms with Crippen molar-refractivity contribution in [1.29, 1.82) is 0 Å². The molecule has 3 unspecified atom stereocenters. The molecule has 2 N–H and O–H groups in total. The quantitative estimate of drug-likeness (QED) is 0.852. The fourth-order valence-corrected chi connectivity index (χ4v) is 2.66. The van der Waals surface area contributed by atoms with Crippen LogP contribution in [0.3, 0.4) is 0 Å². The lowest BCUT2D eigenvalue weighted by atomic mass is 9.98. The number of nitrogens with zero attached hydrogens (tertiary/aromatic N) is 1. The van der Waals surface area contributed by atoms with Crippen LogP contribution in [0.2, 0.25) is 0 Å². The summed E-state index contributed by atoms with van der Waals surface area (Å²) in [6.45, 7) is 7.59. The lowest BCUT2D eigenvalue weighted by molar-refractivity contribution is -0.220.